The molecule has 5 rings (SSSR count). The largest absolute Gasteiger partial charge is 0.490 e. The number of hydrogen-bond donors (Lipinski definition) is 1. The summed E-state index contributed by atoms with van der Waals surface area (Å²) in [6, 6.07) is 10.3. The van der Waals surface area contributed by atoms with E-state index in [2.05, 4.69) is 32.2 Å². The maximum Gasteiger partial charge on any atom is 0.129 e. The Balaban J connectivity index is 1.54. The molecule has 0 bridgehead atoms. The van der Waals surface area contributed by atoms with Crippen LogP contribution in [0.25, 0.3) is 22.2 Å². The molecule has 1 saturated carbocycles. The molecule has 0 radical (unpaired) electrons. The highest BCUT2D eigenvalue weighted by atomic mass is 16.5. The monoisotopic (exact) mass is 320 g/mol. The summed E-state index contributed by atoms with van der Waals surface area (Å²) in [5.74, 6) is 1.98. The smallest absolute Gasteiger partial charge is 0.129 e. The van der Waals surface area contributed by atoms with Crippen LogP contribution in [0.15, 0.2) is 36.5 Å². The van der Waals surface area contributed by atoms with Gasteiger partial charge in [0.25, 0.3) is 0 Å². The third-order valence-electron chi connectivity index (χ3n) is 4.81. The van der Waals surface area contributed by atoms with Crippen LogP contribution in [-0.4, -0.2) is 34.4 Å². The average Bonchev–Trinajstić information content (AvgIpc) is 3.12. The number of anilines is 1. The number of ether oxygens (including phenoxy) is 1. The van der Waals surface area contributed by atoms with E-state index in [1.54, 1.807) is 0 Å². The van der Waals surface area contributed by atoms with E-state index in [1.165, 1.54) is 25.7 Å². The first kappa shape index (κ1) is 13.8. The number of nitrogens with zero attached hydrogens (tertiary/aromatic N) is 3. The quantitative estimate of drug-likeness (QED) is 0.795. The molecule has 2 aromatic heterocycles. The first-order chi connectivity index (χ1) is 11.9. The van der Waals surface area contributed by atoms with Gasteiger partial charge in [0, 0.05) is 30.2 Å². The number of rotatable bonds is 4. The molecule has 2 fully saturated rings. The number of benzene rings is 1. The summed E-state index contributed by atoms with van der Waals surface area (Å²) >= 11 is 0. The highest BCUT2D eigenvalue weighted by Gasteiger charge is 2.24. The molecule has 5 heteroatoms. The minimum Gasteiger partial charge on any atom is -0.490 e. The molecule has 1 saturated heterocycles. The van der Waals surface area contributed by atoms with E-state index in [4.69, 9.17) is 4.74 Å². The van der Waals surface area contributed by atoms with E-state index >= 15 is 0 Å². The second-order valence-electron chi connectivity index (χ2n) is 6.69. The second-order valence-corrected chi connectivity index (χ2v) is 6.69. The van der Waals surface area contributed by atoms with Crippen molar-refractivity contribution < 1.29 is 4.74 Å². The number of hydrogen-bond acceptors (Lipinski definition) is 4. The summed E-state index contributed by atoms with van der Waals surface area (Å²) in [5, 5.41) is 8.78. The van der Waals surface area contributed by atoms with E-state index in [-0.39, 0.29) is 0 Å². The average molecular weight is 320 g/mol. The summed E-state index contributed by atoms with van der Waals surface area (Å²) in [7, 11) is 0. The Morgan fingerprint density at radius 1 is 1.08 bits per heavy atom. The molecule has 0 unspecified atom stereocenters. The first-order valence-electron chi connectivity index (χ1n) is 8.73. The van der Waals surface area contributed by atoms with Gasteiger partial charge in [-0.15, -0.1) is 0 Å². The molecule has 2 aliphatic rings. The van der Waals surface area contributed by atoms with Crippen molar-refractivity contribution in [1.29, 1.82) is 0 Å². The maximum absolute atomic E-state index is 5.94. The van der Waals surface area contributed by atoms with E-state index < -0.39 is 0 Å². The minimum absolute atomic E-state index is 0.403. The van der Waals surface area contributed by atoms with Crippen molar-refractivity contribution in [2.45, 2.75) is 31.8 Å². The Kier molecular flexibility index (Phi) is 3.18. The zero-order valence-corrected chi connectivity index (χ0v) is 13.5. The second kappa shape index (κ2) is 5.51. The predicted octanol–water partition coefficient (Wildman–Crippen LogP) is 3.77. The molecule has 24 heavy (non-hydrogen) atoms. The van der Waals surface area contributed by atoms with Gasteiger partial charge in [0.05, 0.1) is 11.6 Å². The standard InChI is InChI=1S/C19H20N4O/c1-2-10-23(9-1)18-11-13(7-8-20-18)19-16-12-15(24-14-3-4-14)5-6-17(16)21-22-19/h5-8,11-12,14H,1-4,9-10H2,(H,21,22). The van der Waals surface area contributed by atoms with Crippen LogP contribution in [0.1, 0.15) is 25.7 Å². The summed E-state index contributed by atoms with van der Waals surface area (Å²) in [4.78, 5) is 6.89. The van der Waals surface area contributed by atoms with Gasteiger partial charge in [0.2, 0.25) is 0 Å². The van der Waals surface area contributed by atoms with Gasteiger partial charge in [-0.05, 0) is 56.0 Å². The lowest BCUT2D eigenvalue weighted by atomic mass is 10.1. The molecule has 1 aliphatic carbocycles. The summed E-state index contributed by atoms with van der Waals surface area (Å²) in [6.07, 6.45) is 7.12. The molecular weight excluding hydrogens is 300 g/mol. The van der Waals surface area contributed by atoms with Gasteiger partial charge in [-0.1, -0.05) is 0 Å². The van der Waals surface area contributed by atoms with E-state index in [0.29, 0.717) is 6.10 Å². The van der Waals surface area contributed by atoms with E-state index in [1.807, 2.05) is 24.4 Å². The molecule has 0 atom stereocenters. The fourth-order valence-corrected chi connectivity index (χ4v) is 3.35. The lowest BCUT2D eigenvalue weighted by Crippen LogP contribution is -2.18. The van der Waals surface area contributed by atoms with Crippen LogP contribution >= 0.6 is 0 Å². The fourth-order valence-electron chi connectivity index (χ4n) is 3.35. The molecule has 122 valence electrons. The van der Waals surface area contributed by atoms with Crippen molar-refractivity contribution >= 4 is 16.7 Å². The van der Waals surface area contributed by atoms with Crippen LogP contribution in [-0.2, 0) is 0 Å². The van der Waals surface area contributed by atoms with Crippen molar-refractivity contribution in [3.8, 4) is 17.0 Å². The molecule has 0 amide bonds. The van der Waals surface area contributed by atoms with Gasteiger partial charge in [0.1, 0.15) is 17.3 Å². The van der Waals surface area contributed by atoms with Gasteiger partial charge >= 0.3 is 0 Å². The van der Waals surface area contributed by atoms with Crippen LogP contribution in [0.4, 0.5) is 5.82 Å². The van der Waals surface area contributed by atoms with Crippen LogP contribution in [0.2, 0.25) is 0 Å². The van der Waals surface area contributed by atoms with Gasteiger partial charge in [-0.25, -0.2) is 4.98 Å². The minimum atomic E-state index is 0.403. The van der Waals surface area contributed by atoms with Gasteiger partial charge in [0.15, 0.2) is 0 Å². The Labute approximate surface area is 140 Å². The van der Waals surface area contributed by atoms with Crippen molar-refractivity contribution in [1.82, 2.24) is 15.2 Å². The molecule has 1 aromatic carbocycles. The number of aromatic nitrogens is 3. The third-order valence-corrected chi connectivity index (χ3v) is 4.81. The molecule has 0 spiro atoms. The van der Waals surface area contributed by atoms with Gasteiger partial charge in [-0.3, -0.25) is 5.10 Å². The Bertz CT molecular complexity index is 878. The van der Waals surface area contributed by atoms with Crippen LogP contribution < -0.4 is 9.64 Å². The third kappa shape index (κ3) is 2.50. The zero-order valence-electron chi connectivity index (χ0n) is 13.5. The number of H-pyrrole nitrogens is 1. The molecule has 5 nitrogen and oxygen atoms in total. The molecule has 3 heterocycles. The Morgan fingerprint density at radius 2 is 1.96 bits per heavy atom. The van der Waals surface area contributed by atoms with Crippen molar-refractivity contribution in [3.05, 3.63) is 36.5 Å². The van der Waals surface area contributed by atoms with Crippen LogP contribution in [0.3, 0.4) is 0 Å². The molecule has 1 aliphatic heterocycles. The van der Waals surface area contributed by atoms with E-state index in [9.17, 15) is 0 Å². The molecular formula is C19H20N4O. The summed E-state index contributed by atoms with van der Waals surface area (Å²) in [5.41, 5.74) is 3.10. The highest BCUT2D eigenvalue weighted by Crippen LogP contribution is 2.33. The Hall–Kier alpha value is -2.56. The topological polar surface area (TPSA) is 54.0 Å². The maximum atomic E-state index is 5.94. The first-order valence-corrected chi connectivity index (χ1v) is 8.73. The van der Waals surface area contributed by atoms with Crippen molar-refractivity contribution in [2.75, 3.05) is 18.0 Å². The molecule has 3 aromatic rings. The van der Waals surface area contributed by atoms with Gasteiger partial charge in [-0.2, -0.15) is 5.10 Å². The number of aromatic amines is 1. The van der Waals surface area contributed by atoms with Crippen LogP contribution in [0, 0.1) is 0 Å². The van der Waals surface area contributed by atoms with Crippen molar-refractivity contribution in [3.63, 3.8) is 0 Å². The Morgan fingerprint density at radius 3 is 2.79 bits per heavy atom. The van der Waals surface area contributed by atoms with Gasteiger partial charge < -0.3 is 9.64 Å². The number of nitrogens with one attached hydrogen (secondary N) is 1. The highest BCUT2D eigenvalue weighted by molar-refractivity contribution is 5.94. The normalized spacial score (nSPS) is 17.6. The zero-order chi connectivity index (χ0) is 15.9. The summed E-state index contributed by atoms with van der Waals surface area (Å²) < 4.78 is 5.94. The van der Waals surface area contributed by atoms with Crippen LogP contribution in [0.5, 0.6) is 5.75 Å². The van der Waals surface area contributed by atoms with E-state index in [0.717, 1.165) is 46.8 Å². The lowest BCUT2D eigenvalue weighted by molar-refractivity contribution is 0.303. The SMILES string of the molecule is c1cc(-c2n[nH]c3ccc(OC4CC4)cc23)cc(N2CCCC2)n1. The van der Waals surface area contributed by atoms with Crippen molar-refractivity contribution in [2.24, 2.45) is 0 Å². The number of fused-ring (bicyclic) bond motifs is 1. The molecule has 1 N–H and O–H groups in total. The summed E-state index contributed by atoms with van der Waals surface area (Å²) in [6.45, 7) is 2.19. The number of pyridine rings is 1. The fraction of sp³-hybridized carbons (Fsp3) is 0.368. The lowest BCUT2D eigenvalue weighted by Gasteiger charge is -2.16. The predicted molar refractivity (Wildman–Crippen MR) is 94.4 cm³/mol.